The van der Waals surface area contributed by atoms with Gasteiger partial charge in [-0.1, -0.05) is 62.8 Å². The van der Waals surface area contributed by atoms with E-state index < -0.39 is 29.9 Å². The molecular formula is C24H33O4-. The van der Waals surface area contributed by atoms with Crippen LogP contribution in [0.15, 0.2) is 61.8 Å². The zero-order valence-corrected chi connectivity index (χ0v) is 16.9. The molecule has 4 heteroatoms. The van der Waals surface area contributed by atoms with Crippen LogP contribution in [0.5, 0.6) is 0 Å². The van der Waals surface area contributed by atoms with Gasteiger partial charge in [0.2, 0.25) is 0 Å². The van der Waals surface area contributed by atoms with Gasteiger partial charge in [-0.05, 0) is 50.2 Å². The van der Waals surface area contributed by atoms with Crippen LogP contribution in [0.1, 0.15) is 51.9 Å². The van der Waals surface area contributed by atoms with Crippen LogP contribution in [-0.4, -0.2) is 18.0 Å². The normalized spacial score (nSPS) is 21.5. The minimum Gasteiger partial charge on any atom is -0.550 e. The first-order valence-corrected chi connectivity index (χ1v) is 10.2. The summed E-state index contributed by atoms with van der Waals surface area (Å²) in [5, 5.41) is 11.3. The lowest BCUT2D eigenvalue weighted by molar-refractivity contribution is -0.313. The zero-order chi connectivity index (χ0) is 20.8. The summed E-state index contributed by atoms with van der Waals surface area (Å²) in [6, 6.07) is 0. The van der Waals surface area contributed by atoms with Gasteiger partial charge >= 0.3 is 5.97 Å². The van der Waals surface area contributed by atoms with E-state index in [1.807, 2.05) is 18.2 Å². The molecule has 0 aromatic carbocycles. The van der Waals surface area contributed by atoms with E-state index in [-0.39, 0.29) is 0 Å². The van der Waals surface area contributed by atoms with E-state index >= 15 is 0 Å². The fourth-order valence-corrected chi connectivity index (χ4v) is 3.19. The highest BCUT2D eigenvalue weighted by atomic mass is 16.5. The van der Waals surface area contributed by atoms with E-state index in [1.165, 1.54) is 12.8 Å². The molecule has 1 rings (SSSR count). The van der Waals surface area contributed by atoms with Gasteiger partial charge in [0.25, 0.3) is 0 Å². The lowest BCUT2D eigenvalue weighted by Crippen LogP contribution is -2.40. The van der Waals surface area contributed by atoms with Crippen molar-refractivity contribution in [2.75, 3.05) is 0 Å². The number of carbonyl (C=O) groups is 2. The number of carboxylic acids is 1. The Labute approximate surface area is 169 Å². The maximum Gasteiger partial charge on any atom is 0.310 e. The number of hydrogen-bond acceptors (Lipinski definition) is 4. The molecule has 4 atom stereocenters. The summed E-state index contributed by atoms with van der Waals surface area (Å²) < 4.78 is 5.47. The van der Waals surface area contributed by atoms with Gasteiger partial charge in [0, 0.05) is 11.9 Å². The van der Waals surface area contributed by atoms with Crippen LogP contribution in [0.4, 0.5) is 0 Å². The van der Waals surface area contributed by atoms with E-state index in [0.29, 0.717) is 18.8 Å². The topological polar surface area (TPSA) is 66.4 Å². The highest BCUT2D eigenvalue weighted by Crippen LogP contribution is 2.27. The minimum absolute atomic E-state index is 0.296. The Bertz CT molecular complexity index is 600. The monoisotopic (exact) mass is 385 g/mol. The second kappa shape index (κ2) is 13.8. The lowest BCUT2D eigenvalue weighted by atomic mass is 9.83. The molecule has 28 heavy (non-hydrogen) atoms. The summed E-state index contributed by atoms with van der Waals surface area (Å²) in [6.07, 6.45) is 20.5. The number of ether oxygens (including phenoxy) is 1. The number of allylic oxidation sites excluding steroid dienone is 6. The Morgan fingerprint density at radius 1 is 1.14 bits per heavy atom. The van der Waals surface area contributed by atoms with Crippen molar-refractivity contribution in [1.29, 1.82) is 0 Å². The second-order valence-electron chi connectivity index (χ2n) is 7.13. The fraction of sp³-hybridized carbons (Fsp3) is 0.500. The average molecular weight is 386 g/mol. The first-order valence-electron chi connectivity index (χ1n) is 10.2. The third-order valence-corrected chi connectivity index (χ3v) is 4.89. The van der Waals surface area contributed by atoms with Crippen molar-refractivity contribution in [3.63, 3.8) is 0 Å². The van der Waals surface area contributed by atoms with Crippen molar-refractivity contribution in [3.8, 4) is 0 Å². The Morgan fingerprint density at radius 3 is 2.46 bits per heavy atom. The third kappa shape index (κ3) is 8.55. The van der Waals surface area contributed by atoms with E-state index in [1.54, 1.807) is 18.2 Å². The summed E-state index contributed by atoms with van der Waals surface area (Å²) in [6.45, 7) is 9.70. The molecule has 1 aliphatic carbocycles. The molecule has 0 amide bonds. The molecule has 4 unspecified atom stereocenters. The molecule has 0 spiro atoms. The van der Waals surface area contributed by atoms with Gasteiger partial charge in [0.15, 0.2) is 0 Å². The minimum atomic E-state index is -1.21. The SMILES string of the molecule is C=CCC(C=CCCCC)CC=CC(C=C)OC(=O)C1CC=CCC1C(=O)[O-]. The highest BCUT2D eigenvalue weighted by Gasteiger charge is 2.31. The first kappa shape index (κ1) is 23.7. The molecule has 0 heterocycles. The summed E-state index contributed by atoms with van der Waals surface area (Å²) in [5.41, 5.74) is 0. The predicted octanol–water partition coefficient (Wildman–Crippen LogP) is 4.30. The molecule has 0 fully saturated rings. The molecule has 154 valence electrons. The molecule has 1 aliphatic rings. The quantitative estimate of drug-likeness (QED) is 0.269. The molecule has 0 aromatic heterocycles. The summed E-state index contributed by atoms with van der Waals surface area (Å²) in [4.78, 5) is 23.7. The largest absolute Gasteiger partial charge is 0.550 e. The summed E-state index contributed by atoms with van der Waals surface area (Å²) >= 11 is 0. The average Bonchev–Trinajstić information content (AvgIpc) is 2.70. The van der Waals surface area contributed by atoms with Gasteiger partial charge in [-0.2, -0.15) is 0 Å². The van der Waals surface area contributed by atoms with E-state index in [9.17, 15) is 14.7 Å². The Balaban J connectivity index is 2.61. The van der Waals surface area contributed by atoms with Crippen molar-refractivity contribution in [2.45, 2.75) is 58.0 Å². The van der Waals surface area contributed by atoms with Crippen LogP contribution in [-0.2, 0) is 14.3 Å². The summed E-state index contributed by atoms with van der Waals surface area (Å²) in [7, 11) is 0. The molecule has 0 saturated carbocycles. The fourth-order valence-electron chi connectivity index (χ4n) is 3.19. The number of hydrogen-bond donors (Lipinski definition) is 0. The number of esters is 1. The standard InChI is InChI=1S/C24H34O4/c1-4-7-8-9-14-19(13-5-2)15-12-16-20(6-3)28-24(27)22-18-11-10-17-21(22)23(25)26/h5-6,9-12,14,16,19-22H,2-4,7-8,13,15,17-18H2,1H3,(H,25,26)/p-1. The van der Waals surface area contributed by atoms with Crippen LogP contribution in [0.2, 0.25) is 0 Å². The van der Waals surface area contributed by atoms with Crippen molar-refractivity contribution in [1.82, 2.24) is 0 Å². The number of carbonyl (C=O) groups excluding carboxylic acids is 2. The number of rotatable bonds is 13. The maximum absolute atomic E-state index is 12.4. The Morgan fingerprint density at radius 2 is 1.86 bits per heavy atom. The molecule has 0 saturated heterocycles. The van der Waals surface area contributed by atoms with Crippen LogP contribution in [0.3, 0.4) is 0 Å². The molecule has 0 N–H and O–H groups in total. The number of carboxylic acid groups (broad SMARTS) is 1. The lowest BCUT2D eigenvalue weighted by Gasteiger charge is -2.28. The molecule has 4 nitrogen and oxygen atoms in total. The van der Waals surface area contributed by atoms with Gasteiger partial charge in [-0.3, -0.25) is 4.79 Å². The van der Waals surface area contributed by atoms with E-state index in [4.69, 9.17) is 4.74 Å². The molecule has 0 bridgehead atoms. The number of aliphatic carboxylic acids is 1. The van der Waals surface area contributed by atoms with Crippen LogP contribution < -0.4 is 5.11 Å². The maximum atomic E-state index is 12.4. The summed E-state index contributed by atoms with van der Waals surface area (Å²) in [5.74, 6) is -2.91. The third-order valence-electron chi connectivity index (χ3n) is 4.89. The van der Waals surface area contributed by atoms with Crippen molar-refractivity contribution in [3.05, 3.63) is 61.8 Å². The first-order chi connectivity index (χ1) is 13.5. The van der Waals surface area contributed by atoms with Gasteiger partial charge in [0.1, 0.15) is 6.10 Å². The molecule has 0 radical (unpaired) electrons. The van der Waals surface area contributed by atoms with Crippen molar-refractivity contribution in [2.24, 2.45) is 17.8 Å². The predicted molar refractivity (Wildman–Crippen MR) is 111 cm³/mol. The van der Waals surface area contributed by atoms with Gasteiger partial charge in [0.05, 0.1) is 5.92 Å². The number of unbranched alkanes of at least 4 members (excludes halogenated alkanes) is 2. The van der Waals surface area contributed by atoms with Gasteiger partial charge in [-0.25, -0.2) is 0 Å². The Hall–Kier alpha value is -2.36. The van der Waals surface area contributed by atoms with E-state index in [2.05, 4.69) is 32.2 Å². The van der Waals surface area contributed by atoms with Gasteiger partial charge < -0.3 is 14.6 Å². The van der Waals surface area contributed by atoms with E-state index in [0.717, 1.165) is 19.3 Å². The molecule has 0 aliphatic heterocycles. The smallest absolute Gasteiger partial charge is 0.310 e. The van der Waals surface area contributed by atoms with Crippen LogP contribution in [0, 0.1) is 17.8 Å². The van der Waals surface area contributed by atoms with Crippen LogP contribution in [0.25, 0.3) is 0 Å². The van der Waals surface area contributed by atoms with Gasteiger partial charge in [-0.15, -0.1) is 6.58 Å². The van der Waals surface area contributed by atoms with Crippen molar-refractivity contribution < 1.29 is 19.4 Å². The Kier molecular flexibility index (Phi) is 11.6. The second-order valence-corrected chi connectivity index (χ2v) is 7.13. The highest BCUT2D eigenvalue weighted by molar-refractivity contribution is 5.81. The van der Waals surface area contributed by atoms with Crippen LogP contribution >= 0.6 is 0 Å². The molecule has 0 aromatic rings. The van der Waals surface area contributed by atoms with Crippen molar-refractivity contribution >= 4 is 11.9 Å². The molecular weight excluding hydrogens is 352 g/mol. The zero-order valence-electron chi connectivity index (χ0n) is 16.9.